The van der Waals surface area contributed by atoms with Crippen LogP contribution in [-0.4, -0.2) is 40.9 Å². The van der Waals surface area contributed by atoms with Gasteiger partial charge in [-0.3, -0.25) is 14.9 Å². The Labute approximate surface area is 119 Å². The fraction of sp³-hybridized carbons (Fsp3) is 0.462. The molecule has 2 unspecified atom stereocenters. The zero-order valence-electron chi connectivity index (χ0n) is 11.6. The van der Waals surface area contributed by atoms with Crippen LogP contribution < -0.4 is 5.32 Å². The molecule has 0 spiro atoms. The minimum Gasteiger partial charge on any atom is -0.335 e. The first-order chi connectivity index (χ1) is 9.81. The highest BCUT2D eigenvalue weighted by Crippen LogP contribution is 2.24. The van der Waals surface area contributed by atoms with Crippen LogP contribution in [0.1, 0.15) is 24.2 Å². The number of hydrogen-bond acceptors (Lipinski definition) is 4. The zero-order valence-corrected chi connectivity index (χ0v) is 11.6. The summed E-state index contributed by atoms with van der Waals surface area (Å²) in [6.07, 6.45) is 0. The Bertz CT molecular complexity index is 584. The van der Waals surface area contributed by atoms with Gasteiger partial charge in [-0.25, -0.2) is 4.39 Å². The molecule has 21 heavy (non-hydrogen) atoms. The lowest BCUT2D eigenvalue weighted by Crippen LogP contribution is -2.56. The van der Waals surface area contributed by atoms with Crippen molar-refractivity contribution in [2.24, 2.45) is 0 Å². The molecule has 0 aliphatic carbocycles. The predicted molar refractivity (Wildman–Crippen MR) is 71.0 cm³/mol. The molecular weight excluding hydrogens is 284 g/mol. The van der Waals surface area contributed by atoms with Crippen LogP contribution in [0.4, 0.5) is 14.5 Å². The third-order valence-corrected chi connectivity index (χ3v) is 3.33. The number of carbonyl (C=O) groups is 1. The van der Waals surface area contributed by atoms with E-state index in [9.17, 15) is 23.7 Å². The van der Waals surface area contributed by atoms with Crippen LogP contribution in [0.5, 0.6) is 0 Å². The third-order valence-electron chi connectivity index (χ3n) is 3.33. The number of amides is 1. The molecule has 2 rings (SSSR count). The quantitative estimate of drug-likeness (QED) is 0.666. The second-order valence-corrected chi connectivity index (χ2v) is 5.19. The highest BCUT2D eigenvalue weighted by atomic mass is 19.1. The van der Waals surface area contributed by atoms with Gasteiger partial charge in [-0.05, 0) is 19.9 Å². The smallest absolute Gasteiger partial charge is 0.305 e. The number of benzene rings is 1. The SMILES string of the molecule is CC1CN(C(=O)c2c(F)ccc([N+](=O)[O-])c2F)CC(C)N1. The van der Waals surface area contributed by atoms with E-state index < -0.39 is 33.7 Å². The fourth-order valence-corrected chi connectivity index (χ4v) is 2.53. The molecule has 1 aliphatic rings. The van der Waals surface area contributed by atoms with Crippen LogP contribution in [0.3, 0.4) is 0 Å². The molecule has 8 heteroatoms. The lowest BCUT2D eigenvalue weighted by atomic mass is 10.1. The summed E-state index contributed by atoms with van der Waals surface area (Å²) in [5, 5.41) is 13.9. The highest BCUT2D eigenvalue weighted by Gasteiger charge is 2.32. The zero-order chi connectivity index (χ0) is 15.7. The van der Waals surface area contributed by atoms with Crippen LogP contribution in [0.25, 0.3) is 0 Å². The predicted octanol–water partition coefficient (Wildman–Crippen LogP) is 1.70. The minimum absolute atomic E-state index is 0.0254. The van der Waals surface area contributed by atoms with Crippen molar-refractivity contribution in [3.63, 3.8) is 0 Å². The van der Waals surface area contributed by atoms with Crippen molar-refractivity contribution in [3.8, 4) is 0 Å². The Hall–Kier alpha value is -2.09. The monoisotopic (exact) mass is 299 g/mol. The molecule has 6 nitrogen and oxygen atoms in total. The van der Waals surface area contributed by atoms with Gasteiger partial charge in [0.2, 0.25) is 5.82 Å². The number of piperazine rings is 1. The molecule has 2 atom stereocenters. The molecule has 1 aliphatic heterocycles. The molecule has 1 saturated heterocycles. The number of carbonyl (C=O) groups excluding carboxylic acids is 1. The van der Waals surface area contributed by atoms with Crippen LogP contribution in [-0.2, 0) is 0 Å². The summed E-state index contributed by atoms with van der Waals surface area (Å²) >= 11 is 0. The van der Waals surface area contributed by atoms with Crippen molar-refractivity contribution < 1.29 is 18.5 Å². The Morgan fingerprint density at radius 3 is 2.43 bits per heavy atom. The topological polar surface area (TPSA) is 75.5 Å². The van der Waals surface area contributed by atoms with Gasteiger partial charge >= 0.3 is 5.69 Å². The molecule has 1 fully saturated rings. The molecule has 1 aromatic rings. The van der Waals surface area contributed by atoms with E-state index in [1.54, 1.807) is 0 Å². The summed E-state index contributed by atoms with van der Waals surface area (Å²) in [6, 6.07) is 1.40. The number of nitro groups is 1. The molecule has 1 aromatic carbocycles. The summed E-state index contributed by atoms with van der Waals surface area (Å²) in [6.45, 7) is 4.25. The molecule has 0 bridgehead atoms. The van der Waals surface area contributed by atoms with E-state index in [1.165, 1.54) is 4.90 Å². The highest BCUT2D eigenvalue weighted by molar-refractivity contribution is 5.95. The maximum Gasteiger partial charge on any atom is 0.305 e. The minimum atomic E-state index is -1.43. The van der Waals surface area contributed by atoms with Gasteiger partial charge in [0, 0.05) is 31.2 Å². The molecule has 0 radical (unpaired) electrons. The first kappa shape index (κ1) is 15.3. The van der Waals surface area contributed by atoms with Crippen LogP contribution >= 0.6 is 0 Å². The summed E-state index contributed by atoms with van der Waals surface area (Å²) in [4.78, 5) is 23.3. The van der Waals surface area contributed by atoms with Crippen molar-refractivity contribution in [3.05, 3.63) is 39.4 Å². The molecular formula is C13H15F2N3O3. The van der Waals surface area contributed by atoms with Gasteiger partial charge in [0.15, 0.2) is 0 Å². The summed E-state index contributed by atoms with van der Waals surface area (Å²) < 4.78 is 27.8. The van der Waals surface area contributed by atoms with Crippen molar-refractivity contribution in [2.45, 2.75) is 25.9 Å². The summed E-state index contributed by atoms with van der Waals surface area (Å²) in [5.74, 6) is -3.39. The second-order valence-electron chi connectivity index (χ2n) is 5.19. The summed E-state index contributed by atoms with van der Waals surface area (Å²) in [5.41, 5.74) is -1.78. The Balaban J connectivity index is 2.39. The van der Waals surface area contributed by atoms with Crippen LogP contribution in [0.2, 0.25) is 0 Å². The molecule has 1 heterocycles. The van der Waals surface area contributed by atoms with E-state index in [0.717, 1.165) is 6.07 Å². The van der Waals surface area contributed by atoms with E-state index in [-0.39, 0.29) is 25.2 Å². The first-order valence-corrected chi connectivity index (χ1v) is 6.49. The maximum atomic E-state index is 14.0. The van der Waals surface area contributed by atoms with E-state index in [2.05, 4.69) is 5.32 Å². The third kappa shape index (κ3) is 2.99. The number of nitrogens with one attached hydrogen (secondary N) is 1. The largest absolute Gasteiger partial charge is 0.335 e. The standard InChI is InChI=1S/C13H15F2N3O3/c1-7-5-17(6-8(2)16-7)13(19)11-9(14)3-4-10(12(11)15)18(20)21/h3-4,7-8,16H,5-6H2,1-2H3. The first-order valence-electron chi connectivity index (χ1n) is 6.49. The number of nitro benzene ring substituents is 1. The number of nitrogens with zero attached hydrogens (tertiary/aromatic N) is 2. The van der Waals surface area contributed by atoms with Crippen molar-refractivity contribution in [1.29, 1.82) is 0 Å². The van der Waals surface area contributed by atoms with Crippen molar-refractivity contribution in [2.75, 3.05) is 13.1 Å². The van der Waals surface area contributed by atoms with Gasteiger partial charge in [-0.1, -0.05) is 0 Å². The maximum absolute atomic E-state index is 14.0. The van der Waals surface area contributed by atoms with E-state index in [4.69, 9.17) is 0 Å². The van der Waals surface area contributed by atoms with Crippen LogP contribution in [0, 0.1) is 21.7 Å². The molecule has 1 N–H and O–H groups in total. The molecule has 0 saturated carbocycles. The van der Waals surface area contributed by atoms with E-state index in [1.807, 2.05) is 13.8 Å². The van der Waals surface area contributed by atoms with E-state index >= 15 is 0 Å². The van der Waals surface area contributed by atoms with E-state index in [0.29, 0.717) is 6.07 Å². The van der Waals surface area contributed by atoms with Gasteiger partial charge in [0.1, 0.15) is 11.4 Å². The van der Waals surface area contributed by atoms with Crippen molar-refractivity contribution >= 4 is 11.6 Å². The van der Waals surface area contributed by atoms with Crippen molar-refractivity contribution in [1.82, 2.24) is 10.2 Å². The number of halogens is 2. The number of hydrogen-bond donors (Lipinski definition) is 1. The lowest BCUT2D eigenvalue weighted by Gasteiger charge is -2.36. The average Bonchev–Trinajstić information content (AvgIpc) is 2.36. The normalized spacial score (nSPS) is 22.2. The second kappa shape index (κ2) is 5.72. The number of rotatable bonds is 2. The Morgan fingerprint density at radius 2 is 1.90 bits per heavy atom. The van der Waals surface area contributed by atoms with Gasteiger partial charge in [-0.15, -0.1) is 0 Å². The summed E-state index contributed by atoms with van der Waals surface area (Å²) in [7, 11) is 0. The molecule has 0 aromatic heterocycles. The Kier molecular flexibility index (Phi) is 4.17. The average molecular weight is 299 g/mol. The van der Waals surface area contributed by atoms with Gasteiger partial charge < -0.3 is 10.2 Å². The fourth-order valence-electron chi connectivity index (χ4n) is 2.53. The lowest BCUT2D eigenvalue weighted by molar-refractivity contribution is -0.387. The van der Waals surface area contributed by atoms with Gasteiger partial charge in [0.05, 0.1) is 4.92 Å². The Morgan fingerprint density at radius 1 is 1.33 bits per heavy atom. The van der Waals surface area contributed by atoms with Gasteiger partial charge in [-0.2, -0.15) is 4.39 Å². The van der Waals surface area contributed by atoms with Gasteiger partial charge in [0.25, 0.3) is 5.91 Å². The van der Waals surface area contributed by atoms with Crippen LogP contribution in [0.15, 0.2) is 12.1 Å². The molecule has 1 amide bonds. The molecule has 114 valence electrons.